The van der Waals surface area contributed by atoms with Crippen molar-refractivity contribution in [1.29, 1.82) is 0 Å². The molecule has 0 aromatic carbocycles. The number of nitrogens with two attached hydrogens (primary N) is 1. The minimum Gasteiger partial charge on any atom is -0.381 e. The maximum atomic E-state index is 11.9. The minimum absolute atomic E-state index is 0.0837. The maximum Gasteiger partial charge on any atom is 0.214 e. The summed E-state index contributed by atoms with van der Waals surface area (Å²) in [6.45, 7) is 3.44. The molecule has 16 heavy (non-hydrogen) atoms. The predicted molar refractivity (Wildman–Crippen MR) is 63.6 cm³/mol. The van der Waals surface area contributed by atoms with Crippen LogP contribution in [0.3, 0.4) is 0 Å². The zero-order valence-electron chi connectivity index (χ0n) is 9.81. The number of ether oxygens (including phenoxy) is 1. The van der Waals surface area contributed by atoms with E-state index in [-0.39, 0.29) is 11.3 Å². The molecule has 1 atom stereocenters. The van der Waals surface area contributed by atoms with Crippen molar-refractivity contribution in [2.75, 3.05) is 19.8 Å². The number of rotatable bonds is 6. The number of hydrogen-bond donors (Lipinski definition) is 2. The van der Waals surface area contributed by atoms with Crippen LogP contribution in [0.1, 0.15) is 32.6 Å². The van der Waals surface area contributed by atoms with Crippen molar-refractivity contribution in [2.24, 2.45) is 5.73 Å². The molecule has 0 aromatic rings. The van der Waals surface area contributed by atoms with Crippen LogP contribution in [0.25, 0.3) is 0 Å². The maximum absolute atomic E-state index is 11.9. The van der Waals surface area contributed by atoms with Gasteiger partial charge in [0.1, 0.15) is 0 Å². The molecule has 1 saturated heterocycles. The second kappa shape index (κ2) is 6.54. The van der Waals surface area contributed by atoms with Crippen LogP contribution >= 0.6 is 0 Å². The van der Waals surface area contributed by atoms with Crippen LogP contribution in [0.4, 0.5) is 0 Å². The molecule has 0 aliphatic carbocycles. The molecule has 1 aliphatic heterocycles. The molecule has 0 amide bonds. The van der Waals surface area contributed by atoms with Crippen LogP contribution in [-0.2, 0) is 14.8 Å². The van der Waals surface area contributed by atoms with Gasteiger partial charge in [-0.3, -0.25) is 0 Å². The Balaban J connectivity index is 2.38. The molecule has 6 heteroatoms. The van der Waals surface area contributed by atoms with E-state index in [0.717, 1.165) is 12.8 Å². The van der Waals surface area contributed by atoms with Crippen LogP contribution in [0.15, 0.2) is 0 Å². The summed E-state index contributed by atoms with van der Waals surface area (Å²) < 4.78 is 31.5. The molecule has 1 heterocycles. The van der Waals surface area contributed by atoms with E-state index in [0.29, 0.717) is 32.6 Å². The summed E-state index contributed by atoms with van der Waals surface area (Å²) in [4.78, 5) is 0. The largest absolute Gasteiger partial charge is 0.381 e. The fourth-order valence-corrected chi connectivity index (χ4v) is 3.30. The summed E-state index contributed by atoms with van der Waals surface area (Å²) in [5.74, 6) is 0. The lowest BCUT2D eigenvalue weighted by molar-refractivity contribution is 0.0981. The lowest BCUT2D eigenvalue weighted by Crippen LogP contribution is -2.43. The van der Waals surface area contributed by atoms with Gasteiger partial charge in [0.05, 0.1) is 5.25 Å². The van der Waals surface area contributed by atoms with Gasteiger partial charge in [-0.1, -0.05) is 13.3 Å². The van der Waals surface area contributed by atoms with E-state index in [1.54, 1.807) is 0 Å². The number of hydrogen-bond acceptors (Lipinski definition) is 4. The predicted octanol–water partition coefficient (Wildman–Crippen LogP) is 0.212. The number of sulfonamides is 1. The SMILES string of the molecule is CCCC(N)CNS(=O)(=O)C1CCOCC1. The molecule has 0 radical (unpaired) electrons. The van der Waals surface area contributed by atoms with Gasteiger partial charge < -0.3 is 10.5 Å². The highest BCUT2D eigenvalue weighted by Gasteiger charge is 2.27. The Labute approximate surface area is 97.8 Å². The fourth-order valence-electron chi connectivity index (χ4n) is 1.80. The van der Waals surface area contributed by atoms with Crippen LogP contribution < -0.4 is 10.5 Å². The van der Waals surface area contributed by atoms with Crippen LogP contribution in [-0.4, -0.2) is 39.5 Å². The molecule has 3 N–H and O–H groups in total. The van der Waals surface area contributed by atoms with E-state index < -0.39 is 10.0 Å². The lowest BCUT2D eigenvalue weighted by Gasteiger charge is -2.23. The summed E-state index contributed by atoms with van der Waals surface area (Å²) in [6.07, 6.45) is 2.98. The quantitative estimate of drug-likeness (QED) is 0.706. The van der Waals surface area contributed by atoms with E-state index in [1.807, 2.05) is 6.92 Å². The van der Waals surface area contributed by atoms with Gasteiger partial charge in [0.2, 0.25) is 10.0 Å². The van der Waals surface area contributed by atoms with Crippen molar-refractivity contribution in [3.05, 3.63) is 0 Å². The minimum atomic E-state index is -3.21. The van der Waals surface area contributed by atoms with E-state index >= 15 is 0 Å². The molecule has 0 spiro atoms. The van der Waals surface area contributed by atoms with E-state index in [2.05, 4.69) is 4.72 Å². The van der Waals surface area contributed by atoms with Gasteiger partial charge in [-0.05, 0) is 19.3 Å². The Hall–Kier alpha value is -0.170. The fraction of sp³-hybridized carbons (Fsp3) is 1.00. The van der Waals surface area contributed by atoms with Crippen molar-refractivity contribution in [2.45, 2.75) is 43.9 Å². The first kappa shape index (κ1) is 13.9. The van der Waals surface area contributed by atoms with E-state index in [1.165, 1.54) is 0 Å². The van der Waals surface area contributed by atoms with Gasteiger partial charge in [-0.25, -0.2) is 13.1 Å². The molecule has 5 nitrogen and oxygen atoms in total. The van der Waals surface area contributed by atoms with Gasteiger partial charge in [0, 0.05) is 25.8 Å². The molecule has 0 aromatic heterocycles. The Kier molecular flexibility index (Phi) is 5.68. The highest BCUT2D eigenvalue weighted by Crippen LogP contribution is 2.14. The molecule has 1 aliphatic rings. The summed E-state index contributed by atoms with van der Waals surface area (Å²) in [6, 6.07) is -0.0837. The average molecular weight is 250 g/mol. The first-order valence-corrected chi connectivity index (χ1v) is 7.42. The highest BCUT2D eigenvalue weighted by molar-refractivity contribution is 7.90. The first-order chi connectivity index (χ1) is 7.56. The van der Waals surface area contributed by atoms with Crippen molar-refractivity contribution in [3.63, 3.8) is 0 Å². The standard InChI is InChI=1S/C10H22N2O3S/c1-2-3-9(11)8-12-16(13,14)10-4-6-15-7-5-10/h9-10,12H,2-8,11H2,1H3. The third kappa shape index (κ3) is 4.37. The molecule has 1 rings (SSSR count). The smallest absolute Gasteiger partial charge is 0.214 e. The van der Waals surface area contributed by atoms with E-state index in [4.69, 9.17) is 10.5 Å². The molecular formula is C10H22N2O3S. The van der Waals surface area contributed by atoms with Crippen molar-refractivity contribution < 1.29 is 13.2 Å². The van der Waals surface area contributed by atoms with Gasteiger partial charge >= 0.3 is 0 Å². The Morgan fingerprint density at radius 1 is 1.44 bits per heavy atom. The van der Waals surface area contributed by atoms with Gasteiger partial charge in [-0.2, -0.15) is 0 Å². The van der Waals surface area contributed by atoms with Gasteiger partial charge in [0.25, 0.3) is 0 Å². The molecule has 0 saturated carbocycles. The molecule has 0 bridgehead atoms. The molecule has 1 unspecified atom stereocenters. The highest BCUT2D eigenvalue weighted by atomic mass is 32.2. The van der Waals surface area contributed by atoms with Crippen molar-refractivity contribution in [3.8, 4) is 0 Å². The number of nitrogens with one attached hydrogen (secondary N) is 1. The van der Waals surface area contributed by atoms with Crippen LogP contribution in [0, 0.1) is 0 Å². The third-order valence-corrected chi connectivity index (χ3v) is 4.73. The second-order valence-corrected chi connectivity index (χ2v) is 6.30. The molecular weight excluding hydrogens is 228 g/mol. The first-order valence-electron chi connectivity index (χ1n) is 5.88. The molecule has 96 valence electrons. The zero-order valence-corrected chi connectivity index (χ0v) is 10.6. The lowest BCUT2D eigenvalue weighted by atomic mass is 10.2. The third-order valence-electron chi connectivity index (χ3n) is 2.81. The summed E-state index contributed by atoms with van der Waals surface area (Å²) in [5, 5.41) is -0.310. The monoisotopic (exact) mass is 250 g/mol. The van der Waals surface area contributed by atoms with Gasteiger partial charge in [-0.15, -0.1) is 0 Å². The van der Waals surface area contributed by atoms with Crippen molar-refractivity contribution in [1.82, 2.24) is 4.72 Å². The topological polar surface area (TPSA) is 81.4 Å². The van der Waals surface area contributed by atoms with E-state index in [9.17, 15) is 8.42 Å². The van der Waals surface area contributed by atoms with Crippen LogP contribution in [0.5, 0.6) is 0 Å². The summed E-state index contributed by atoms with van der Waals surface area (Å²) in [5.41, 5.74) is 5.77. The van der Waals surface area contributed by atoms with Crippen LogP contribution in [0.2, 0.25) is 0 Å². The Morgan fingerprint density at radius 3 is 2.62 bits per heavy atom. The Morgan fingerprint density at radius 2 is 2.06 bits per heavy atom. The average Bonchev–Trinajstić information content (AvgIpc) is 2.28. The zero-order chi connectivity index (χ0) is 12.0. The molecule has 1 fully saturated rings. The summed E-state index contributed by atoms with van der Waals surface area (Å²) >= 11 is 0. The second-order valence-electron chi connectivity index (χ2n) is 4.25. The normalized spacial score (nSPS) is 20.9. The van der Waals surface area contributed by atoms with Crippen molar-refractivity contribution >= 4 is 10.0 Å². The Bertz CT molecular complexity index is 286. The summed E-state index contributed by atoms with van der Waals surface area (Å²) in [7, 11) is -3.21. The van der Waals surface area contributed by atoms with Gasteiger partial charge in [0.15, 0.2) is 0 Å².